The summed E-state index contributed by atoms with van der Waals surface area (Å²) in [7, 11) is 1.35. The molecule has 0 aliphatic carbocycles. The van der Waals surface area contributed by atoms with Crippen LogP contribution in [-0.4, -0.2) is 24.5 Å². The van der Waals surface area contributed by atoms with E-state index in [-0.39, 0.29) is 24.2 Å². The lowest BCUT2D eigenvalue weighted by Crippen LogP contribution is -2.21. The van der Waals surface area contributed by atoms with Crippen LogP contribution in [0, 0.1) is 24.7 Å². The fraction of sp³-hybridized carbons (Fsp3) is 0.350. The van der Waals surface area contributed by atoms with E-state index in [4.69, 9.17) is 6.57 Å². The number of nitrogens with one attached hydrogen (secondary N) is 3. The van der Waals surface area contributed by atoms with E-state index in [0.29, 0.717) is 17.8 Å². The van der Waals surface area contributed by atoms with Crippen LogP contribution in [0.1, 0.15) is 38.1 Å². The summed E-state index contributed by atoms with van der Waals surface area (Å²) in [5.74, 6) is -0.725. The molecule has 0 fully saturated rings. The van der Waals surface area contributed by atoms with Crippen molar-refractivity contribution in [3.63, 3.8) is 0 Å². The van der Waals surface area contributed by atoms with E-state index in [0.717, 1.165) is 11.6 Å². The third kappa shape index (κ3) is 5.41. The molecule has 1 aromatic carbocycles. The number of benzene rings is 1. The van der Waals surface area contributed by atoms with Gasteiger partial charge in [-0.1, -0.05) is 26.8 Å². The molecule has 1 aromatic heterocycles. The van der Waals surface area contributed by atoms with Gasteiger partial charge in [-0.25, -0.2) is 19.7 Å². The predicted molar refractivity (Wildman–Crippen MR) is 109 cm³/mol. The van der Waals surface area contributed by atoms with Gasteiger partial charge in [-0.15, -0.1) is 0 Å². The molecule has 2 rings (SSSR count). The van der Waals surface area contributed by atoms with Crippen LogP contribution in [0.3, 0.4) is 0 Å². The standard InChI is InChI=1S/C20H24FN5O2.H2/c1-12-7-8-13(19(27)26-28-6)9-15(12)24-18-16(22-5)10-14(21)17(25-18)23-11-20(2,3)4;/h7-10H,11H2,1-4,6H3,(H,26,27)(H2,23,24,25);1H. The van der Waals surface area contributed by atoms with Crippen molar-refractivity contribution in [3.8, 4) is 0 Å². The number of hydrogen-bond acceptors (Lipinski definition) is 5. The molecule has 0 bridgehead atoms. The number of hydroxylamine groups is 1. The highest BCUT2D eigenvalue weighted by atomic mass is 19.1. The first kappa shape index (κ1) is 21.1. The van der Waals surface area contributed by atoms with E-state index in [1.165, 1.54) is 7.11 Å². The van der Waals surface area contributed by atoms with Crippen molar-refractivity contribution in [1.29, 1.82) is 0 Å². The van der Waals surface area contributed by atoms with E-state index in [1.807, 2.05) is 27.7 Å². The van der Waals surface area contributed by atoms with Crippen LogP contribution in [0.15, 0.2) is 24.3 Å². The Bertz CT molecular complexity index is 922. The van der Waals surface area contributed by atoms with Crippen molar-refractivity contribution in [2.24, 2.45) is 5.41 Å². The van der Waals surface area contributed by atoms with E-state index >= 15 is 0 Å². The first-order chi connectivity index (χ1) is 13.1. The number of halogens is 1. The molecule has 7 nitrogen and oxygen atoms in total. The minimum atomic E-state index is -0.592. The van der Waals surface area contributed by atoms with Crippen molar-refractivity contribution in [3.05, 3.63) is 52.6 Å². The number of aryl methyl sites for hydroxylation is 1. The van der Waals surface area contributed by atoms with Crippen molar-refractivity contribution in [1.82, 2.24) is 10.5 Å². The molecule has 0 saturated heterocycles. The molecule has 0 saturated carbocycles. The number of hydrogen-bond donors (Lipinski definition) is 3. The van der Waals surface area contributed by atoms with E-state index in [2.05, 4.69) is 30.8 Å². The summed E-state index contributed by atoms with van der Waals surface area (Å²) in [6.45, 7) is 15.7. The van der Waals surface area contributed by atoms with E-state index in [1.54, 1.807) is 18.2 Å². The Labute approximate surface area is 165 Å². The van der Waals surface area contributed by atoms with Crippen LogP contribution in [-0.2, 0) is 4.84 Å². The molecular formula is C20H26FN5O2. The summed E-state index contributed by atoms with van der Waals surface area (Å²) >= 11 is 0. The van der Waals surface area contributed by atoms with E-state index < -0.39 is 11.7 Å². The number of carbonyl (C=O) groups is 1. The maximum absolute atomic E-state index is 14.3. The van der Waals surface area contributed by atoms with Crippen molar-refractivity contribution < 1.29 is 15.4 Å². The van der Waals surface area contributed by atoms with Gasteiger partial charge in [-0.2, -0.15) is 0 Å². The van der Waals surface area contributed by atoms with Crippen molar-refractivity contribution in [2.75, 3.05) is 24.3 Å². The lowest BCUT2D eigenvalue weighted by molar-refractivity contribution is 0.0537. The highest BCUT2D eigenvalue weighted by Gasteiger charge is 2.16. The van der Waals surface area contributed by atoms with Crippen molar-refractivity contribution in [2.45, 2.75) is 27.7 Å². The fourth-order valence-electron chi connectivity index (χ4n) is 2.31. The normalized spacial score (nSPS) is 10.9. The summed E-state index contributed by atoms with van der Waals surface area (Å²) in [6.07, 6.45) is 0. The number of nitrogens with zero attached hydrogens (tertiary/aromatic N) is 2. The Morgan fingerprint density at radius 2 is 2.04 bits per heavy atom. The minimum Gasteiger partial charge on any atom is -0.367 e. The van der Waals surface area contributed by atoms with Crippen LogP contribution in [0.25, 0.3) is 4.85 Å². The molecule has 1 amide bonds. The van der Waals surface area contributed by atoms with Gasteiger partial charge in [0.15, 0.2) is 11.6 Å². The molecule has 28 heavy (non-hydrogen) atoms. The molecule has 0 aliphatic heterocycles. The maximum atomic E-state index is 14.3. The smallest absolute Gasteiger partial charge is 0.274 e. The summed E-state index contributed by atoms with van der Waals surface area (Å²) in [5, 5.41) is 6.02. The molecule has 0 spiro atoms. The first-order valence-corrected chi connectivity index (χ1v) is 8.67. The molecular weight excluding hydrogens is 361 g/mol. The molecule has 0 aliphatic rings. The Morgan fingerprint density at radius 1 is 1.32 bits per heavy atom. The van der Waals surface area contributed by atoms with Gasteiger partial charge in [0, 0.05) is 19.2 Å². The molecule has 0 atom stereocenters. The summed E-state index contributed by atoms with van der Waals surface area (Å²) in [5.41, 5.74) is 4.01. The van der Waals surface area contributed by atoms with Gasteiger partial charge in [0.2, 0.25) is 5.69 Å². The Kier molecular flexibility index (Phi) is 6.54. The molecule has 0 radical (unpaired) electrons. The van der Waals surface area contributed by atoms with Crippen LogP contribution in [0.4, 0.5) is 27.4 Å². The highest BCUT2D eigenvalue weighted by Crippen LogP contribution is 2.32. The zero-order valence-corrected chi connectivity index (χ0v) is 16.6. The predicted octanol–water partition coefficient (Wildman–Crippen LogP) is 4.82. The molecule has 3 N–H and O–H groups in total. The van der Waals surface area contributed by atoms with Gasteiger partial charge in [0.1, 0.15) is 5.82 Å². The van der Waals surface area contributed by atoms with Gasteiger partial charge in [0.25, 0.3) is 5.91 Å². The van der Waals surface area contributed by atoms with Gasteiger partial charge in [-0.3, -0.25) is 9.63 Å². The number of anilines is 3. The number of rotatable bonds is 6. The van der Waals surface area contributed by atoms with Crippen LogP contribution >= 0.6 is 0 Å². The lowest BCUT2D eigenvalue weighted by Gasteiger charge is -2.20. The minimum absolute atomic E-state index is 0. The zero-order chi connectivity index (χ0) is 20.9. The molecule has 8 heteroatoms. The highest BCUT2D eigenvalue weighted by molar-refractivity contribution is 5.95. The summed E-state index contributed by atoms with van der Waals surface area (Å²) in [6, 6.07) is 6.17. The van der Waals surface area contributed by atoms with Crippen molar-refractivity contribution >= 4 is 28.9 Å². The third-order valence-corrected chi connectivity index (χ3v) is 3.81. The average molecular weight is 387 g/mol. The molecule has 1 heterocycles. The molecule has 2 aromatic rings. The largest absolute Gasteiger partial charge is 0.367 e. The van der Waals surface area contributed by atoms with Gasteiger partial charge >= 0.3 is 0 Å². The number of aromatic nitrogens is 1. The van der Waals surface area contributed by atoms with Gasteiger partial charge < -0.3 is 10.6 Å². The summed E-state index contributed by atoms with van der Waals surface area (Å²) in [4.78, 5) is 24.2. The monoisotopic (exact) mass is 387 g/mol. The summed E-state index contributed by atoms with van der Waals surface area (Å²) < 4.78 is 14.3. The molecule has 0 unspecified atom stereocenters. The quantitative estimate of drug-likeness (QED) is 0.489. The molecule has 150 valence electrons. The van der Waals surface area contributed by atoms with Crippen LogP contribution in [0.2, 0.25) is 0 Å². The third-order valence-electron chi connectivity index (χ3n) is 3.81. The van der Waals surface area contributed by atoms with E-state index in [9.17, 15) is 9.18 Å². The Morgan fingerprint density at radius 3 is 2.64 bits per heavy atom. The number of pyridine rings is 1. The Hall–Kier alpha value is -3.18. The van der Waals surface area contributed by atoms with Gasteiger partial charge in [0.05, 0.1) is 13.7 Å². The second-order valence-electron chi connectivity index (χ2n) is 7.50. The second kappa shape index (κ2) is 8.67. The fourth-order valence-corrected chi connectivity index (χ4v) is 2.31. The first-order valence-electron chi connectivity index (χ1n) is 8.67. The number of amides is 1. The average Bonchev–Trinajstić information content (AvgIpc) is 2.62. The maximum Gasteiger partial charge on any atom is 0.274 e. The number of carbonyl (C=O) groups excluding carboxylic acids is 1. The second-order valence-corrected chi connectivity index (χ2v) is 7.50. The van der Waals surface area contributed by atoms with Crippen LogP contribution < -0.4 is 16.1 Å². The zero-order valence-electron chi connectivity index (χ0n) is 16.6. The Balaban J connectivity index is 0.00000420. The lowest BCUT2D eigenvalue weighted by atomic mass is 9.97. The van der Waals surface area contributed by atoms with Crippen LogP contribution in [0.5, 0.6) is 0 Å². The van der Waals surface area contributed by atoms with Gasteiger partial charge in [-0.05, 0) is 36.1 Å². The topological polar surface area (TPSA) is 79.6 Å². The SMILES string of the molecule is [C-]#[N+]c1cc(F)c(NCC(C)(C)C)nc1Nc1cc(C(=O)NOC)ccc1C.[HH].